The molecule has 0 atom stereocenters. The molecule has 1 fully saturated rings. The van der Waals surface area contributed by atoms with E-state index in [-0.39, 0.29) is 18.0 Å². The van der Waals surface area contributed by atoms with Crippen LogP contribution in [0.15, 0.2) is 48.5 Å². The molecule has 0 spiro atoms. The van der Waals surface area contributed by atoms with Crippen molar-refractivity contribution in [3.05, 3.63) is 59.7 Å². The molecule has 0 aliphatic carbocycles. The molecule has 2 aromatic rings. The predicted molar refractivity (Wildman–Crippen MR) is 103 cm³/mol. The van der Waals surface area contributed by atoms with Crippen LogP contribution in [0.25, 0.3) is 0 Å². The second-order valence-corrected chi connectivity index (χ2v) is 6.95. The van der Waals surface area contributed by atoms with Crippen molar-refractivity contribution in [2.45, 2.75) is 25.3 Å². The van der Waals surface area contributed by atoms with Crippen LogP contribution in [0.5, 0.6) is 5.75 Å². The molecule has 0 radical (unpaired) electrons. The molecule has 1 saturated heterocycles. The zero-order valence-electron chi connectivity index (χ0n) is 15.1. The molecule has 0 bridgehead atoms. The number of likely N-dealkylation sites (tertiary alicyclic amines) is 1. The maximum Gasteiger partial charge on any atom is 0.319 e. The highest BCUT2D eigenvalue weighted by Gasteiger charge is 2.25. The van der Waals surface area contributed by atoms with Crippen molar-refractivity contribution < 1.29 is 14.3 Å². The van der Waals surface area contributed by atoms with Gasteiger partial charge in [0.05, 0.1) is 6.61 Å². The van der Waals surface area contributed by atoms with Crippen LogP contribution in [-0.4, -0.2) is 42.6 Å². The maximum absolute atomic E-state index is 12.8. The molecule has 2 aliphatic rings. The van der Waals surface area contributed by atoms with Gasteiger partial charge < -0.3 is 20.3 Å². The lowest BCUT2D eigenvalue weighted by Gasteiger charge is -2.32. The number of urea groups is 1. The zero-order chi connectivity index (χ0) is 18.6. The fourth-order valence-corrected chi connectivity index (χ4v) is 3.60. The Morgan fingerprint density at radius 3 is 2.59 bits per heavy atom. The molecule has 2 aliphatic heterocycles. The first-order valence-corrected chi connectivity index (χ1v) is 9.36. The number of carbonyl (C=O) groups excluding carboxylic acids is 2. The fraction of sp³-hybridized carbons (Fsp3) is 0.333. The van der Waals surface area contributed by atoms with Crippen molar-refractivity contribution >= 4 is 17.6 Å². The predicted octanol–water partition coefficient (Wildman–Crippen LogP) is 3.05. The van der Waals surface area contributed by atoms with Crippen LogP contribution < -0.4 is 15.4 Å². The Morgan fingerprint density at radius 2 is 1.81 bits per heavy atom. The van der Waals surface area contributed by atoms with Gasteiger partial charge in [0.1, 0.15) is 5.75 Å². The molecule has 6 heteroatoms. The van der Waals surface area contributed by atoms with Crippen LogP contribution in [0.1, 0.15) is 28.8 Å². The third kappa shape index (κ3) is 4.05. The summed E-state index contributed by atoms with van der Waals surface area (Å²) >= 11 is 0. The first kappa shape index (κ1) is 17.4. The monoisotopic (exact) mass is 365 g/mol. The lowest BCUT2D eigenvalue weighted by molar-refractivity contribution is 0.0709. The van der Waals surface area contributed by atoms with Crippen LogP contribution in [0.4, 0.5) is 10.5 Å². The van der Waals surface area contributed by atoms with Gasteiger partial charge in [0, 0.05) is 36.8 Å². The van der Waals surface area contributed by atoms with Gasteiger partial charge in [-0.25, -0.2) is 4.79 Å². The maximum atomic E-state index is 12.8. The molecule has 6 nitrogen and oxygen atoms in total. The van der Waals surface area contributed by atoms with Gasteiger partial charge in [-0.1, -0.05) is 18.2 Å². The summed E-state index contributed by atoms with van der Waals surface area (Å²) in [6.07, 6.45) is 2.36. The van der Waals surface area contributed by atoms with Gasteiger partial charge in [-0.2, -0.15) is 0 Å². The SMILES string of the molecule is O=C(Nc1ccccc1)NC1CCN(C(=O)c2ccc3c(c2)CCO3)CC1. The topological polar surface area (TPSA) is 70.7 Å². The standard InChI is InChI=1S/C21H23N3O3/c25-20(16-6-7-19-15(14-16)10-13-27-19)24-11-8-18(9-12-24)23-21(26)22-17-4-2-1-3-5-17/h1-7,14,18H,8-13H2,(H2,22,23,26). The number of hydrogen-bond acceptors (Lipinski definition) is 3. The van der Waals surface area contributed by atoms with Crippen molar-refractivity contribution in [3.8, 4) is 5.75 Å². The van der Waals surface area contributed by atoms with Gasteiger partial charge in [0.15, 0.2) is 0 Å². The molecule has 0 aromatic heterocycles. The summed E-state index contributed by atoms with van der Waals surface area (Å²) in [5, 5.41) is 5.83. The van der Waals surface area contributed by atoms with Gasteiger partial charge in [-0.3, -0.25) is 4.79 Å². The van der Waals surface area contributed by atoms with Crippen LogP contribution in [0.3, 0.4) is 0 Å². The molecular formula is C21H23N3O3. The van der Waals surface area contributed by atoms with Gasteiger partial charge in [-0.15, -0.1) is 0 Å². The number of hydrogen-bond donors (Lipinski definition) is 2. The Bertz CT molecular complexity index is 830. The van der Waals surface area contributed by atoms with Crippen LogP contribution in [0, 0.1) is 0 Å². The Hall–Kier alpha value is -3.02. The van der Waals surface area contributed by atoms with Crippen LogP contribution in [0.2, 0.25) is 0 Å². The van der Waals surface area contributed by atoms with E-state index in [1.54, 1.807) is 0 Å². The van der Waals surface area contributed by atoms with Crippen molar-refractivity contribution in [2.75, 3.05) is 25.0 Å². The Kier molecular flexibility index (Phi) is 4.96. The number of fused-ring (bicyclic) bond motifs is 1. The number of amides is 3. The zero-order valence-corrected chi connectivity index (χ0v) is 15.1. The van der Waals surface area contributed by atoms with E-state index < -0.39 is 0 Å². The number of piperidine rings is 1. The molecule has 0 saturated carbocycles. The summed E-state index contributed by atoms with van der Waals surface area (Å²) in [5.41, 5.74) is 2.59. The van der Waals surface area contributed by atoms with E-state index in [2.05, 4.69) is 10.6 Å². The number of rotatable bonds is 3. The van der Waals surface area contributed by atoms with E-state index in [0.717, 1.165) is 36.3 Å². The minimum Gasteiger partial charge on any atom is -0.493 e. The summed E-state index contributed by atoms with van der Waals surface area (Å²) < 4.78 is 5.50. The molecule has 2 heterocycles. The number of nitrogens with zero attached hydrogens (tertiary/aromatic N) is 1. The van der Waals surface area contributed by atoms with E-state index in [1.807, 2.05) is 53.4 Å². The molecule has 0 unspecified atom stereocenters. The highest BCUT2D eigenvalue weighted by Crippen LogP contribution is 2.26. The number of benzene rings is 2. The largest absolute Gasteiger partial charge is 0.493 e. The van der Waals surface area contributed by atoms with Crippen molar-refractivity contribution in [2.24, 2.45) is 0 Å². The minimum absolute atomic E-state index is 0.0527. The van der Waals surface area contributed by atoms with E-state index in [0.29, 0.717) is 25.3 Å². The van der Waals surface area contributed by atoms with E-state index in [9.17, 15) is 9.59 Å². The number of para-hydroxylation sites is 1. The van der Waals surface area contributed by atoms with Gasteiger partial charge in [-0.05, 0) is 48.7 Å². The van der Waals surface area contributed by atoms with Gasteiger partial charge >= 0.3 is 6.03 Å². The summed E-state index contributed by atoms with van der Waals surface area (Å²) in [6, 6.07) is 14.9. The smallest absolute Gasteiger partial charge is 0.319 e. The number of carbonyl (C=O) groups is 2. The highest BCUT2D eigenvalue weighted by atomic mass is 16.5. The highest BCUT2D eigenvalue weighted by molar-refractivity contribution is 5.95. The van der Waals surface area contributed by atoms with Crippen molar-refractivity contribution in [1.82, 2.24) is 10.2 Å². The van der Waals surface area contributed by atoms with Gasteiger partial charge in [0.2, 0.25) is 0 Å². The number of ether oxygens (including phenoxy) is 1. The quantitative estimate of drug-likeness (QED) is 0.878. The second kappa shape index (κ2) is 7.70. The summed E-state index contributed by atoms with van der Waals surface area (Å²) in [7, 11) is 0. The molecule has 3 amide bonds. The van der Waals surface area contributed by atoms with Crippen LogP contribution in [-0.2, 0) is 6.42 Å². The Balaban J connectivity index is 1.28. The molecular weight excluding hydrogens is 342 g/mol. The fourth-order valence-electron chi connectivity index (χ4n) is 3.60. The average molecular weight is 365 g/mol. The minimum atomic E-state index is -0.204. The molecule has 27 heavy (non-hydrogen) atoms. The van der Waals surface area contributed by atoms with Crippen molar-refractivity contribution in [1.29, 1.82) is 0 Å². The van der Waals surface area contributed by atoms with Gasteiger partial charge in [0.25, 0.3) is 5.91 Å². The molecule has 140 valence electrons. The van der Waals surface area contributed by atoms with E-state index in [1.165, 1.54) is 0 Å². The van der Waals surface area contributed by atoms with E-state index >= 15 is 0 Å². The van der Waals surface area contributed by atoms with Crippen molar-refractivity contribution in [3.63, 3.8) is 0 Å². The lowest BCUT2D eigenvalue weighted by atomic mass is 10.0. The van der Waals surface area contributed by atoms with Crippen LogP contribution >= 0.6 is 0 Å². The molecule has 2 N–H and O–H groups in total. The third-order valence-electron chi connectivity index (χ3n) is 5.09. The third-order valence-corrected chi connectivity index (χ3v) is 5.09. The normalized spacial score (nSPS) is 16.4. The summed E-state index contributed by atoms with van der Waals surface area (Å²) in [4.78, 5) is 26.7. The molecule has 2 aromatic carbocycles. The summed E-state index contributed by atoms with van der Waals surface area (Å²) in [5.74, 6) is 0.941. The molecule has 4 rings (SSSR count). The summed E-state index contributed by atoms with van der Waals surface area (Å²) in [6.45, 7) is 1.97. The van der Waals surface area contributed by atoms with E-state index in [4.69, 9.17) is 4.74 Å². The average Bonchev–Trinajstić information content (AvgIpc) is 3.16. The first-order chi connectivity index (χ1) is 13.2. The lowest BCUT2D eigenvalue weighted by Crippen LogP contribution is -2.47. The number of nitrogens with one attached hydrogen (secondary N) is 2. The number of anilines is 1. The Labute approximate surface area is 158 Å². The second-order valence-electron chi connectivity index (χ2n) is 6.95. The first-order valence-electron chi connectivity index (χ1n) is 9.36. The Morgan fingerprint density at radius 1 is 1.04 bits per heavy atom.